The van der Waals surface area contributed by atoms with E-state index in [0.29, 0.717) is 19.0 Å². The van der Waals surface area contributed by atoms with Gasteiger partial charge in [0.1, 0.15) is 0 Å². The Labute approximate surface area is 171 Å². The first kappa shape index (κ1) is 22.6. The number of amides is 1. The van der Waals surface area contributed by atoms with Crippen LogP contribution in [-0.2, 0) is 16.0 Å². The summed E-state index contributed by atoms with van der Waals surface area (Å²) in [6.07, 6.45) is 2.49. The molecule has 1 heterocycles. The summed E-state index contributed by atoms with van der Waals surface area (Å²) >= 11 is 0. The Balaban J connectivity index is 2.23. The minimum absolute atomic E-state index is 0.0828. The van der Waals surface area contributed by atoms with E-state index in [-0.39, 0.29) is 23.7 Å². The molecular formula is C24H38N2O2. The number of benzene rings is 1. The van der Waals surface area contributed by atoms with E-state index in [1.165, 1.54) is 0 Å². The van der Waals surface area contributed by atoms with Crippen LogP contribution in [0.25, 0.3) is 0 Å². The fourth-order valence-corrected chi connectivity index (χ4v) is 4.21. The fraction of sp³-hybridized carbons (Fsp3) is 0.667. The van der Waals surface area contributed by atoms with E-state index in [1.54, 1.807) is 0 Å². The highest BCUT2D eigenvalue weighted by Gasteiger charge is 2.47. The number of nitrogens with zero attached hydrogens (tertiary/aromatic N) is 2. The van der Waals surface area contributed by atoms with Gasteiger partial charge in [0.25, 0.3) is 0 Å². The fourth-order valence-electron chi connectivity index (χ4n) is 4.21. The quantitative estimate of drug-likeness (QED) is 0.606. The lowest BCUT2D eigenvalue weighted by atomic mass is 9.87. The zero-order valence-corrected chi connectivity index (χ0v) is 18.6. The Morgan fingerprint density at radius 2 is 1.82 bits per heavy atom. The molecule has 1 fully saturated rings. The van der Waals surface area contributed by atoms with Crippen molar-refractivity contribution in [3.8, 4) is 0 Å². The minimum Gasteiger partial charge on any atom is -0.332 e. The molecule has 0 saturated carbocycles. The monoisotopic (exact) mass is 386 g/mol. The van der Waals surface area contributed by atoms with Crippen LogP contribution in [0.3, 0.4) is 0 Å². The number of rotatable bonds is 10. The number of hydrogen-bond donors (Lipinski definition) is 0. The molecule has 0 spiro atoms. The van der Waals surface area contributed by atoms with Gasteiger partial charge in [0.2, 0.25) is 5.91 Å². The van der Waals surface area contributed by atoms with Crippen LogP contribution < -0.4 is 0 Å². The molecule has 2 atom stereocenters. The van der Waals surface area contributed by atoms with Crippen LogP contribution in [0.15, 0.2) is 30.3 Å². The van der Waals surface area contributed by atoms with Gasteiger partial charge in [0, 0.05) is 25.0 Å². The molecule has 4 heteroatoms. The van der Waals surface area contributed by atoms with Crippen molar-refractivity contribution in [1.82, 2.24) is 9.80 Å². The van der Waals surface area contributed by atoms with Crippen LogP contribution in [0, 0.1) is 11.3 Å². The van der Waals surface area contributed by atoms with E-state index < -0.39 is 5.41 Å². The van der Waals surface area contributed by atoms with Crippen molar-refractivity contribution in [3.63, 3.8) is 0 Å². The maximum absolute atomic E-state index is 13.5. The van der Waals surface area contributed by atoms with Crippen molar-refractivity contribution in [3.05, 3.63) is 35.9 Å². The number of ketones is 1. The highest BCUT2D eigenvalue weighted by atomic mass is 16.2. The van der Waals surface area contributed by atoms with Crippen LogP contribution in [0.1, 0.15) is 59.9 Å². The topological polar surface area (TPSA) is 40.6 Å². The lowest BCUT2D eigenvalue weighted by Gasteiger charge is -2.35. The molecule has 1 aliphatic rings. The third-order valence-corrected chi connectivity index (χ3v) is 6.02. The molecule has 0 aliphatic carbocycles. The third kappa shape index (κ3) is 5.22. The van der Waals surface area contributed by atoms with E-state index in [2.05, 4.69) is 32.6 Å². The summed E-state index contributed by atoms with van der Waals surface area (Å²) in [7, 11) is 0. The van der Waals surface area contributed by atoms with Gasteiger partial charge in [0.15, 0.2) is 5.78 Å². The van der Waals surface area contributed by atoms with Crippen LogP contribution in [-0.4, -0.2) is 53.2 Å². The summed E-state index contributed by atoms with van der Waals surface area (Å²) in [5.74, 6) is 0.223. The average molecular weight is 387 g/mol. The molecule has 0 N–H and O–H groups in total. The SMILES string of the molecule is CCCN(CC1(C)CCN([C@@H](Cc2ccccc2)C(=O)C(C)C)C1=O)C(C)C. The largest absolute Gasteiger partial charge is 0.332 e. The second kappa shape index (κ2) is 9.69. The number of carbonyl (C=O) groups excluding carboxylic acids is 2. The van der Waals surface area contributed by atoms with Gasteiger partial charge in [-0.2, -0.15) is 0 Å². The van der Waals surface area contributed by atoms with E-state index in [1.807, 2.05) is 49.1 Å². The Bertz CT molecular complexity index is 656. The standard InChI is InChI=1S/C24H38N2O2/c1-7-14-25(19(4)5)17-24(6)13-15-26(23(24)28)21(22(27)18(2)3)16-20-11-9-8-10-12-20/h8-12,18-19,21H,7,13-17H2,1-6H3/t21-,24?/m0/s1. The predicted octanol–water partition coefficient (Wildman–Crippen LogP) is 4.18. The molecule has 2 rings (SSSR count). The normalized spacial score (nSPS) is 21.2. The van der Waals surface area contributed by atoms with Crippen molar-refractivity contribution in [1.29, 1.82) is 0 Å². The summed E-state index contributed by atoms with van der Waals surface area (Å²) in [5, 5.41) is 0. The molecule has 0 radical (unpaired) electrons. The summed E-state index contributed by atoms with van der Waals surface area (Å²) in [4.78, 5) is 30.8. The van der Waals surface area contributed by atoms with Crippen molar-refractivity contribution < 1.29 is 9.59 Å². The number of Topliss-reactive ketones (excluding diaryl/α,β-unsaturated/α-hetero) is 1. The van der Waals surface area contributed by atoms with Crippen molar-refractivity contribution in [2.24, 2.45) is 11.3 Å². The summed E-state index contributed by atoms with van der Waals surface area (Å²) < 4.78 is 0. The highest BCUT2D eigenvalue weighted by molar-refractivity contribution is 5.93. The first-order valence-electron chi connectivity index (χ1n) is 10.8. The molecular weight excluding hydrogens is 348 g/mol. The van der Waals surface area contributed by atoms with Crippen molar-refractivity contribution >= 4 is 11.7 Å². The van der Waals surface area contributed by atoms with Crippen LogP contribution in [0.5, 0.6) is 0 Å². The molecule has 0 aromatic heterocycles. The van der Waals surface area contributed by atoms with Gasteiger partial charge >= 0.3 is 0 Å². The molecule has 1 aromatic rings. The Hall–Kier alpha value is -1.68. The molecule has 0 bridgehead atoms. The van der Waals surface area contributed by atoms with Gasteiger partial charge in [0.05, 0.1) is 11.5 Å². The third-order valence-electron chi connectivity index (χ3n) is 6.02. The van der Waals surface area contributed by atoms with Gasteiger partial charge in [-0.1, -0.05) is 51.1 Å². The molecule has 156 valence electrons. The molecule has 4 nitrogen and oxygen atoms in total. The summed E-state index contributed by atoms with van der Waals surface area (Å²) in [5.41, 5.74) is 0.698. The lowest BCUT2D eigenvalue weighted by Crippen LogP contribution is -2.50. The predicted molar refractivity (Wildman–Crippen MR) is 115 cm³/mol. The minimum atomic E-state index is -0.411. The first-order valence-corrected chi connectivity index (χ1v) is 10.8. The molecule has 1 unspecified atom stereocenters. The first-order chi connectivity index (χ1) is 13.2. The molecule has 28 heavy (non-hydrogen) atoms. The van der Waals surface area contributed by atoms with Crippen LogP contribution in [0.4, 0.5) is 0 Å². The van der Waals surface area contributed by atoms with Gasteiger partial charge in [-0.05, 0) is 52.1 Å². The number of carbonyl (C=O) groups is 2. The van der Waals surface area contributed by atoms with Crippen LogP contribution in [0.2, 0.25) is 0 Å². The Kier molecular flexibility index (Phi) is 7.82. The number of likely N-dealkylation sites (tertiary alicyclic amines) is 1. The van der Waals surface area contributed by atoms with Gasteiger partial charge in [-0.15, -0.1) is 0 Å². The maximum Gasteiger partial charge on any atom is 0.230 e. The lowest BCUT2D eigenvalue weighted by molar-refractivity contribution is -0.143. The second-order valence-corrected chi connectivity index (χ2v) is 9.14. The Morgan fingerprint density at radius 3 is 2.36 bits per heavy atom. The van der Waals surface area contributed by atoms with Gasteiger partial charge < -0.3 is 4.90 Å². The summed E-state index contributed by atoms with van der Waals surface area (Å²) in [6.45, 7) is 14.9. The Morgan fingerprint density at radius 1 is 1.18 bits per heavy atom. The van der Waals surface area contributed by atoms with Crippen molar-refractivity contribution in [2.45, 2.75) is 72.9 Å². The zero-order valence-electron chi connectivity index (χ0n) is 18.6. The van der Waals surface area contributed by atoms with E-state index in [0.717, 1.165) is 31.5 Å². The molecule has 1 aromatic carbocycles. The zero-order chi connectivity index (χ0) is 20.9. The maximum atomic E-state index is 13.5. The van der Waals surface area contributed by atoms with E-state index in [4.69, 9.17) is 0 Å². The smallest absolute Gasteiger partial charge is 0.230 e. The van der Waals surface area contributed by atoms with Crippen molar-refractivity contribution in [2.75, 3.05) is 19.6 Å². The van der Waals surface area contributed by atoms with E-state index >= 15 is 0 Å². The average Bonchev–Trinajstić information content (AvgIpc) is 2.94. The van der Waals surface area contributed by atoms with Crippen LogP contribution >= 0.6 is 0 Å². The molecule has 1 aliphatic heterocycles. The second-order valence-electron chi connectivity index (χ2n) is 9.14. The summed E-state index contributed by atoms with van der Waals surface area (Å²) in [6, 6.07) is 10.1. The highest BCUT2D eigenvalue weighted by Crippen LogP contribution is 2.35. The van der Waals surface area contributed by atoms with Gasteiger partial charge in [-0.3, -0.25) is 14.5 Å². The number of hydrogen-bond acceptors (Lipinski definition) is 3. The van der Waals surface area contributed by atoms with Gasteiger partial charge in [-0.25, -0.2) is 0 Å². The van der Waals surface area contributed by atoms with E-state index in [9.17, 15) is 9.59 Å². The molecule has 1 saturated heterocycles. The molecule has 1 amide bonds.